The van der Waals surface area contributed by atoms with E-state index in [0.29, 0.717) is 12.1 Å². The molecular weight excluding hydrogens is 206 g/mol. The van der Waals surface area contributed by atoms with E-state index in [-0.39, 0.29) is 0 Å². The van der Waals surface area contributed by atoms with Crippen molar-refractivity contribution in [3.8, 4) is 0 Å². The zero-order valence-electron chi connectivity index (χ0n) is 9.92. The molecule has 0 heterocycles. The van der Waals surface area contributed by atoms with E-state index in [1.807, 2.05) is 6.08 Å². The topological polar surface area (TPSA) is 99.2 Å². The highest BCUT2D eigenvalue weighted by molar-refractivity contribution is 5.82. The SMILES string of the molecule is C/C(=C/CCCNCC=N)C(C)(N)C(=O)O. The molecule has 0 aromatic carbocycles. The fourth-order valence-electron chi connectivity index (χ4n) is 1.10. The lowest BCUT2D eigenvalue weighted by Gasteiger charge is -2.20. The number of carbonyl (C=O) groups is 1. The fourth-order valence-corrected chi connectivity index (χ4v) is 1.10. The van der Waals surface area contributed by atoms with Gasteiger partial charge in [-0.3, -0.25) is 0 Å². The van der Waals surface area contributed by atoms with Gasteiger partial charge in [-0.1, -0.05) is 6.08 Å². The van der Waals surface area contributed by atoms with Gasteiger partial charge in [0.25, 0.3) is 0 Å². The number of hydrogen-bond donors (Lipinski definition) is 4. The summed E-state index contributed by atoms with van der Waals surface area (Å²) in [6, 6.07) is 0. The van der Waals surface area contributed by atoms with Crippen molar-refractivity contribution in [3.63, 3.8) is 0 Å². The Morgan fingerprint density at radius 3 is 2.75 bits per heavy atom. The zero-order valence-corrected chi connectivity index (χ0v) is 9.92. The maximum Gasteiger partial charge on any atom is 0.327 e. The number of nitrogens with one attached hydrogen (secondary N) is 2. The Hall–Kier alpha value is -1.20. The van der Waals surface area contributed by atoms with Crippen molar-refractivity contribution in [1.82, 2.24) is 5.32 Å². The summed E-state index contributed by atoms with van der Waals surface area (Å²) >= 11 is 0. The highest BCUT2D eigenvalue weighted by atomic mass is 16.4. The number of carboxylic acid groups (broad SMARTS) is 1. The van der Waals surface area contributed by atoms with Crippen LogP contribution in [0.2, 0.25) is 0 Å². The Bertz CT molecular complexity index is 272. The standard InChI is InChI=1S/C11H21N3O2/c1-9(11(2,13)10(15)16)5-3-4-7-14-8-6-12/h5-6,12,14H,3-4,7-8,13H2,1-2H3,(H,15,16)/b9-5-,12-6?. The van der Waals surface area contributed by atoms with Gasteiger partial charge in [-0.2, -0.15) is 0 Å². The van der Waals surface area contributed by atoms with Gasteiger partial charge in [-0.05, 0) is 38.8 Å². The third-order valence-corrected chi connectivity index (χ3v) is 2.52. The van der Waals surface area contributed by atoms with Crippen molar-refractivity contribution in [2.75, 3.05) is 13.1 Å². The molecule has 0 aliphatic rings. The molecular formula is C11H21N3O2. The second-order valence-corrected chi connectivity index (χ2v) is 3.95. The third kappa shape index (κ3) is 5.04. The second-order valence-electron chi connectivity index (χ2n) is 3.95. The average molecular weight is 227 g/mol. The lowest BCUT2D eigenvalue weighted by atomic mass is 9.93. The predicted molar refractivity (Wildman–Crippen MR) is 64.9 cm³/mol. The summed E-state index contributed by atoms with van der Waals surface area (Å²) in [4.78, 5) is 10.8. The number of aliphatic carboxylic acids is 1. The van der Waals surface area contributed by atoms with Crippen LogP contribution < -0.4 is 11.1 Å². The van der Waals surface area contributed by atoms with Gasteiger partial charge in [0.2, 0.25) is 0 Å². The van der Waals surface area contributed by atoms with E-state index in [9.17, 15) is 4.79 Å². The molecule has 0 spiro atoms. The smallest absolute Gasteiger partial charge is 0.327 e. The minimum atomic E-state index is -1.28. The molecule has 0 bridgehead atoms. The molecule has 0 aliphatic carbocycles. The first-order valence-electron chi connectivity index (χ1n) is 5.32. The van der Waals surface area contributed by atoms with Crippen LogP contribution in [0.4, 0.5) is 0 Å². The summed E-state index contributed by atoms with van der Waals surface area (Å²) in [6.07, 6.45) is 4.86. The van der Waals surface area contributed by atoms with Crippen molar-refractivity contribution in [3.05, 3.63) is 11.6 Å². The highest BCUT2D eigenvalue weighted by Crippen LogP contribution is 2.14. The lowest BCUT2D eigenvalue weighted by molar-refractivity contribution is -0.141. The number of hydrogen-bond acceptors (Lipinski definition) is 4. The van der Waals surface area contributed by atoms with Crippen LogP contribution >= 0.6 is 0 Å². The normalized spacial score (nSPS) is 15.6. The largest absolute Gasteiger partial charge is 0.480 e. The Balaban J connectivity index is 3.96. The minimum absolute atomic E-state index is 0.576. The summed E-state index contributed by atoms with van der Waals surface area (Å²) in [5.41, 5.74) is 5.05. The zero-order chi connectivity index (χ0) is 12.6. The van der Waals surface area contributed by atoms with Crippen LogP contribution in [0.15, 0.2) is 11.6 Å². The molecule has 5 N–H and O–H groups in total. The molecule has 0 fully saturated rings. The summed E-state index contributed by atoms with van der Waals surface area (Å²) in [7, 11) is 0. The second kappa shape index (κ2) is 7.14. The van der Waals surface area contributed by atoms with Crippen LogP contribution in [0.25, 0.3) is 0 Å². The Kier molecular flexibility index (Phi) is 6.60. The molecule has 0 rings (SSSR count). The number of unbranched alkanes of at least 4 members (excludes halogenated alkanes) is 1. The van der Waals surface area contributed by atoms with Gasteiger partial charge in [0.1, 0.15) is 5.54 Å². The van der Waals surface area contributed by atoms with Gasteiger partial charge in [-0.25, -0.2) is 4.79 Å². The maximum absolute atomic E-state index is 10.8. The third-order valence-electron chi connectivity index (χ3n) is 2.52. The molecule has 1 atom stereocenters. The quantitative estimate of drug-likeness (QED) is 0.279. The summed E-state index contributed by atoms with van der Waals surface area (Å²) in [5, 5.41) is 18.7. The molecule has 0 aromatic rings. The molecule has 0 aromatic heterocycles. The van der Waals surface area contributed by atoms with Crippen LogP contribution in [0, 0.1) is 5.41 Å². The molecule has 0 amide bonds. The van der Waals surface area contributed by atoms with Gasteiger partial charge in [0.15, 0.2) is 0 Å². The molecule has 5 nitrogen and oxygen atoms in total. The van der Waals surface area contributed by atoms with E-state index < -0.39 is 11.5 Å². The van der Waals surface area contributed by atoms with Crippen molar-refractivity contribution in [2.24, 2.45) is 5.73 Å². The average Bonchev–Trinajstić information content (AvgIpc) is 2.22. The molecule has 0 radical (unpaired) electrons. The van der Waals surface area contributed by atoms with Crippen LogP contribution in [0.5, 0.6) is 0 Å². The van der Waals surface area contributed by atoms with Crippen molar-refractivity contribution >= 4 is 12.2 Å². The predicted octanol–water partition coefficient (Wildman–Crippen LogP) is 0.754. The van der Waals surface area contributed by atoms with Crippen LogP contribution in [0.3, 0.4) is 0 Å². The summed E-state index contributed by atoms with van der Waals surface area (Å²) in [5.74, 6) is -1.01. The first-order chi connectivity index (χ1) is 7.42. The van der Waals surface area contributed by atoms with Crippen molar-refractivity contribution in [2.45, 2.75) is 32.2 Å². The molecule has 1 unspecified atom stereocenters. The highest BCUT2D eigenvalue weighted by Gasteiger charge is 2.29. The number of nitrogens with two attached hydrogens (primary N) is 1. The van der Waals surface area contributed by atoms with Crippen molar-refractivity contribution < 1.29 is 9.90 Å². The number of allylic oxidation sites excluding steroid dienone is 1. The first kappa shape index (κ1) is 14.8. The minimum Gasteiger partial charge on any atom is -0.480 e. The Labute approximate surface area is 96.2 Å². The van der Waals surface area contributed by atoms with Gasteiger partial charge in [0, 0.05) is 12.8 Å². The lowest BCUT2D eigenvalue weighted by Crippen LogP contribution is -2.45. The summed E-state index contributed by atoms with van der Waals surface area (Å²) in [6.45, 7) is 4.62. The number of carboxylic acids is 1. The van der Waals surface area contributed by atoms with Crippen LogP contribution in [0.1, 0.15) is 26.7 Å². The molecule has 0 aliphatic heterocycles. The van der Waals surface area contributed by atoms with E-state index in [1.165, 1.54) is 13.1 Å². The Morgan fingerprint density at radius 1 is 1.62 bits per heavy atom. The molecule has 16 heavy (non-hydrogen) atoms. The molecule has 0 saturated heterocycles. The fraction of sp³-hybridized carbons (Fsp3) is 0.636. The van der Waals surface area contributed by atoms with Gasteiger partial charge >= 0.3 is 5.97 Å². The van der Waals surface area contributed by atoms with E-state index in [4.69, 9.17) is 16.2 Å². The van der Waals surface area contributed by atoms with E-state index in [1.54, 1.807) is 6.92 Å². The van der Waals surface area contributed by atoms with Gasteiger partial charge in [-0.15, -0.1) is 0 Å². The summed E-state index contributed by atoms with van der Waals surface area (Å²) < 4.78 is 0. The maximum atomic E-state index is 10.8. The van der Waals surface area contributed by atoms with Crippen LogP contribution in [-0.4, -0.2) is 35.9 Å². The van der Waals surface area contributed by atoms with E-state index in [0.717, 1.165) is 19.4 Å². The Morgan fingerprint density at radius 2 is 2.25 bits per heavy atom. The molecule has 0 saturated carbocycles. The van der Waals surface area contributed by atoms with E-state index >= 15 is 0 Å². The van der Waals surface area contributed by atoms with Gasteiger partial charge < -0.3 is 21.6 Å². The monoisotopic (exact) mass is 227 g/mol. The first-order valence-corrected chi connectivity index (χ1v) is 5.32. The van der Waals surface area contributed by atoms with E-state index in [2.05, 4.69) is 5.32 Å². The molecule has 92 valence electrons. The number of rotatable bonds is 8. The molecule has 5 heteroatoms. The van der Waals surface area contributed by atoms with Crippen LogP contribution in [-0.2, 0) is 4.79 Å². The van der Waals surface area contributed by atoms with Crippen molar-refractivity contribution in [1.29, 1.82) is 5.41 Å². The van der Waals surface area contributed by atoms with Gasteiger partial charge in [0.05, 0.1) is 0 Å².